The molecule has 0 atom stereocenters. The molecule has 3 aromatic rings. The number of nitrogens with one attached hydrogen (secondary N) is 1. The first-order valence-electron chi connectivity index (χ1n) is 8.17. The van der Waals surface area contributed by atoms with E-state index in [4.69, 9.17) is 0 Å². The van der Waals surface area contributed by atoms with Gasteiger partial charge >= 0.3 is 5.69 Å². The third-order valence-electron chi connectivity index (χ3n) is 4.15. The maximum atomic E-state index is 12.8. The molecule has 1 N–H and O–H groups in total. The number of hydrogen-bond acceptors (Lipinski definition) is 7. The van der Waals surface area contributed by atoms with Crippen LogP contribution in [0.2, 0.25) is 0 Å². The number of rotatable bonds is 3. The predicted molar refractivity (Wildman–Crippen MR) is 98.3 cm³/mol. The van der Waals surface area contributed by atoms with Crippen LogP contribution < -0.4 is 10.6 Å². The van der Waals surface area contributed by atoms with Crippen LogP contribution in [0.1, 0.15) is 10.5 Å². The Balaban J connectivity index is 1.50. The summed E-state index contributed by atoms with van der Waals surface area (Å²) in [6, 6.07) is 7.20. The second kappa shape index (κ2) is 7.04. The van der Waals surface area contributed by atoms with E-state index >= 15 is 0 Å². The summed E-state index contributed by atoms with van der Waals surface area (Å²) in [5.74, 6) is 0.427. The number of aromatic nitrogens is 4. The van der Waals surface area contributed by atoms with E-state index in [0.29, 0.717) is 37.8 Å². The maximum Gasteiger partial charge on any atom is 0.346 e. The molecule has 0 radical (unpaired) electrons. The van der Waals surface area contributed by atoms with Gasteiger partial charge in [0.05, 0.1) is 10.6 Å². The average molecular weight is 368 g/mol. The van der Waals surface area contributed by atoms with Gasteiger partial charge in [0.1, 0.15) is 5.69 Å². The monoisotopic (exact) mass is 368 g/mol. The number of H-pyrrole nitrogens is 1. The van der Waals surface area contributed by atoms with Gasteiger partial charge in [0.2, 0.25) is 5.95 Å². The maximum absolute atomic E-state index is 12.8. The molecule has 26 heavy (non-hydrogen) atoms. The summed E-state index contributed by atoms with van der Waals surface area (Å²) in [6.45, 7) is 2.33. The molecular formula is C17H16N6O2S. The van der Waals surface area contributed by atoms with Crippen LogP contribution in [0.5, 0.6) is 0 Å². The van der Waals surface area contributed by atoms with E-state index in [2.05, 4.69) is 19.9 Å². The third-order valence-corrected chi connectivity index (χ3v) is 5.06. The summed E-state index contributed by atoms with van der Waals surface area (Å²) in [6.07, 6.45) is 3.40. The van der Waals surface area contributed by atoms with Crippen LogP contribution in [0.25, 0.3) is 10.6 Å². The molecule has 0 aromatic carbocycles. The summed E-state index contributed by atoms with van der Waals surface area (Å²) in [7, 11) is 0. The predicted octanol–water partition coefficient (Wildman–Crippen LogP) is 1.25. The normalized spacial score (nSPS) is 14.5. The van der Waals surface area contributed by atoms with Crippen LogP contribution in [0.4, 0.5) is 5.95 Å². The van der Waals surface area contributed by atoms with Gasteiger partial charge in [-0.1, -0.05) is 6.07 Å². The van der Waals surface area contributed by atoms with Gasteiger partial charge in [-0.05, 0) is 23.6 Å². The molecular weight excluding hydrogens is 352 g/mol. The van der Waals surface area contributed by atoms with Crippen molar-refractivity contribution in [2.75, 3.05) is 31.1 Å². The number of amides is 1. The Kier molecular flexibility index (Phi) is 4.44. The SMILES string of the molecule is O=C(c1cc(-c2cccs2)[nH]c(=O)n1)N1CCN(c2ncccn2)CC1. The molecule has 0 saturated carbocycles. The number of carbonyl (C=O) groups excluding carboxylic acids is 1. The summed E-state index contributed by atoms with van der Waals surface area (Å²) in [5, 5.41) is 1.92. The summed E-state index contributed by atoms with van der Waals surface area (Å²) in [4.78, 5) is 44.3. The molecule has 8 nitrogen and oxygen atoms in total. The van der Waals surface area contributed by atoms with Crippen molar-refractivity contribution in [3.05, 3.63) is 58.2 Å². The highest BCUT2D eigenvalue weighted by atomic mass is 32.1. The highest BCUT2D eigenvalue weighted by Gasteiger charge is 2.24. The van der Waals surface area contributed by atoms with Crippen molar-refractivity contribution in [2.24, 2.45) is 0 Å². The molecule has 1 amide bonds. The second-order valence-electron chi connectivity index (χ2n) is 5.79. The molecule has 0 aliphatic carbocycles. The van der Waals surface area contributed by atoms with Gasteiger partial charge in [0.15, 0.2) is 0 Å². The number of hydrogen-bond donors (Lipinski definition) is 1. The number of carbonyl (C=O) groups is 1. The van der Waals surface area contributed by atoms with Gasteiger partial charge in [-0.3, -0.25) is 4.79 Å². The lowest BCUT2D eigenvalue weighted by atomic mass is 10.2. The van der Waals surface area contributed by atoms with Crippen LogP contribution >= 0.6 is 11.3 Å². The molecule has 1 fully saturated rings. The van der Waals surface area contributed by atoms with Crippen LogP contribution in [0.3, 0.4) is 0 Å². The molecule has 1 aliphatic rings. The van der Waals surface area contributed by atoms with E-state index < -0.39 is 5.69 Å². The molecule has 1 saturated heterocycles. The van der Waals surface area contributed by atoms with Gasteiger partial charge in [-0.2, -0.15) is 4.98 Å². The van der Waals surface area contributed by atoms with Crippen LogP contribution in [0.15, 0.2) is 46.8 Å². The minimum absolute atomic E-state index is 0.168. The fraction of sp³-hybridized carbons (Fsp3) is 0.235. The van der Waals surface area contributed by atoms with Gasteiger partial charge in [0.25, 0.3) is 5.91 Å². The topological polar surface area (TPSA) is 95.1 Å². The lowest BCUT2D eigenvalue weighted by Gasteiger charge is -2.34. The zero-order valence-corrected chi connectivity index (χ0v) is 14.6. The van der Waals surface area contributed by atoms with E-state index in [-0.39, 0.29) is 11.6 Å². The Morgan fingerprint density at radius 3 is 2.58 bits per heavy atom. The van der Waals surface area contributed by atoms with E-state index in [9.17, 15) is 9.59 Å². The number of nitrogens with zero attached hydrogens (tertiary/aromatic N) is 5. The molecule has 132 valence electrons. The molecule has 9 heteroatoms. The highest BCUT2D eigenvalue weighted by Crippen LogP contribution is 2.22. The van der Waals surface area contributed by atoms with E-state index in [1.807, 2.05) is 22.4 Å². The summed E-state index contributed by atoms with van der Waals surface area (Å²) >= 11 is 1.50. The first kappa shape index (κ1) is 16.4. The molecule has 1 aliphatic heterocycles. The average Bonchev–Trinajstić information content (AvgIpc) is 3.23. The Hall–Kier alpha value is -3.07. The summed E-state index contributed by atoms with van der Waals surface area (Å²) in [5.41, 5.74) is 0.261. The zero-order chi connectivity index (χ0) is 17.9. The fourth-order valence-corrected chi connectivity index (χ4v) is 3.56. The standard InChI is InChI=1S/C17H16N6O2S/c24-15(13-11-12(20-17(25)21-13)14-3-1-10-26-14)22-6-8-23(9-7-22)16-18-4-2-5-19-16/h1-5,10-11H,6-9H2,(H,20,21,25). The molecule has 4 heterocycles. The van der Waals surface area contributed by atoms with E-state index in [0.717, 1.165) is 4.88 Å². The Morgan fingerprint density at radius 2 is 1.88 bits per heavy atom. The fourth-order valence-electron chi connectivity index (χ4n) is 2.86. The Labute approximate surface area is 153 Å². The molecule has 0 unspecified atom stereocenters. The first-order chi connectivity index (χ1) is 12.7. The van der Waals surface area contributed by atoms with Gasteiger partial charge in [-0.25, -0.2) is 14.8 Å². The molecule has 3 aromatic heterocycles. The molecule has 4 rings (SSSR count). The van der Waals surface area contributed by atoms with Crippen molar-refractivity contribution in [1.82, 2.24) is 24.8 Å². The van der Waals surface area contributed by atoms with Gasteiger partial charge in [0, 0.05) is 38.6 Å². The molecule has 0 bridgehead atoms. The number of piperazine rings is 1. The minimum Gasteiger partial charge on any atom is -0.337 e. The van der Waals surface area contributed by atoms with Crippen molar-refractivity contribution in [3.8, 4) is 10.6 Å². The summed E-state index contributed by atoms with van der Waals surface area (Å²) < 4.78 is 0. The number of aromatic amines is 1. The largest absolute Gasteiger partial charge is 0.346 e. The van der Waals surface area contributed by atoms with Crippen LogP contribution in [-0.4, -0.2) is 56.9 Å². The number of anilines is 1. The van der Waals surface area contributed by atoms with Crippen molar-refractivity contribution in [3.63, 3.8) is 0 Å². The minimum atomic E-state index is -0.518. The van der Waals surface area contributed by atoms with Crippen molar-refractivity contribution in [1.29, 1.82) is 0 Å². The number of thiophene rings is 1. The second-order valence-corrected chi connectivity index (χ2v) is 6.74. The highest BCUT2D eigenvalue weighted by molar-refractivity contribution is 7.13. The van der Waals surface area contributed by atoms with Crippen molar-refractivity contribution >= 4 is 23.2 Å². The first-order valence-corrected chi connectivity index (χ1v) is 9.05. The zero-order valence-electron chi connectivity index (χ0n) is 13.8. The lowest BCUT2D eigenvalue weighted by molar-refractivity contribution is 0.0740. The van der Waals surface area contributed by atoms with Crippen LogP contribution in [0, 0.1) is 0 Å². The third kappa shape index (κ3) is 3.33. The van der Waals surface area contributed by atoms with E-state index in [1.54, 1.807) is 29.4 Å². The lowest BCUT2D eigenvalue weighted by Crippen LogP contribution is -2.49. The smallest absolute Gasteiger partial charge is 0.337 e. The van der Waals surface area contributed by atoms with Crippen LogP contribution in [-0.2, 0) is 0 Å². The van der Waals surface area contributed by atoms with E-state index in [1.165, 1.54) is 11.3 Å². The van der Waals surface area contributed by atoms with Crippen molar-refractivity contribution < 1.29 is 4.79 Å². The Bertz CT molecular complexity index is 949. The quantitative estimate of drug-likeness (QED) is 0.748. The molecule has 0 spiro atoms. The Morgan fingerprint density at radius 1 is 1.12 bits per heavy atom. The van der Waals surface area contributed by atoms with Gasteiger partial charge < -0.3 is 14.8 Å². The van der Waals surface area contributed by atoms with Crippen molar-refractivity contribution in [2.45, 2.75) is 0 Å². The van der Waals surface area contributed by atoms with Gasteiger partial charge in [-0.15, -0.1) is 11.3 Å².